The van der Waals surface area contributed by atoms with Gasteiger partial charge in [0, 0.05) is 30.3 Å². The third kappa shape index (κ3) is 5.19. The van der Waals surface area contributed by atoms with E-state index < -0.39 is 0 Å². The smallest absolute Gasteiger partial charge is 0.0678 e. The lowest BCUT2D eigenvalue weighted by Crippen LogP contribution is -2.46. The molecule has 0 aliphatic carbocycles. The van der Waals surface area contributed by atoms with E-state index in [1.807, 2.05) is 11.8 Å². The molecule has 0 saturated carbocycles. The van der Waals surface area contributed by atoms with Gasteiger partial charge in [0.1, 0.15) is 0 Å². The van der Waals surface area contributed by atoms with Crippen LogP contribution in [0.3, 0.4) is 0 Å². The second kappa shape index (κ2) is 8.05. The molecule has 1 aliphatic rings. The van der Waals surface area contributed by atoms with Crippen LogP contribution in [-0.2, 0) is 4.74 Å². The lowest BCUT2D eigenvalue weighted by molar-refractivity contribution is -0.0661. The van der Waals surface area contributed by atoms with E-state index in [9.17, 15) is 0 Å². The zero-order chi connectivity index (χ0) is 12.1. The molecule has 1 aromatic carbocycles. The standard InChI is InChI=1S/C14H21NOS.ClH/c1-12-10-15(11-13(2)16-12)8-9-17-14-6-4-3-5-7-14;/h3-7,12-13H,8-11H2,1-2H3;1H. The van der Waals surface area contributed by atoms with Gasteiger partial charge in [0.2, 0.25) is 0 Å². The van der Waals surface area contributed by atoms with Crippen LogP contribution in [0.5, 0.6) is 0 Å². The molecule has 0 bridgehead atoms. The molecule has 1 aliphatic heterocycles. The number of nitrogens with zero attached hydrogens (tertiary/aromatic N) is 1. The van der Waals surface area contributed by atoms with Crippen LogP contribution in [-0.4, -0.2) is 42.5 Å². The van der Waals surface area contributed by atoms with Crippen LogP contribution >= 0.6 is 24.2 Å². The summed E-state index contributed by atoms with van der Waals surface area (Å²) in [7, 11) is 0. The molecular formula is C14H22ClNOS. The molecule has 0 spiro atoms. The van der Waals surface area contributed by atoms with Gasteiger partial charge in [-0.05, 0) is 26.0 Å². The van der Waals surface area contributed by atoms with Crippen LogP contribution in [0.15, 0.2) is 35.2 Å². The van der Waals surface area contributed by atoms with Gasteiger partial charge < -0.3 is 4.74 Å². The van der Waals surface area contributed by atoms with Crippen LogP contribution in [0.4, 0.5) is 0 Å². The molecule has 1 fully saturated rings. The van der Waals surface area contributed by atoms with Crippen LogP contribution in [0.2, 0.25) is 0 Å². The fourth-order valence-corrected chi connectivity index (χ4v) is 3.21. The molecule has 1 heterocycles. The number of hydrogen-bond acceptors (Lipinski definition) is 3. The van der Waals surface area contributed by atoms with E-state index in [0.717, 1.165) is 25.4 Å². The van der Waals surface area contributed by atoms with E-state index in [-0.39, 0.29) is 12.4 Å². The van der Waals surface area contributed by atoms with Crippen molar-refractivity contribution in [1.82, 2.24) is 4.90 Å². The van der Waals surface area contributed by atoms with E-state index >= 15 is 0 Å². The number of ether oxygens (including phenoxy) is 1. The molecule has 1 saturated heterocycles. The van der Waals surface area contributed by atoms with Crippen molar-refractivity contribution >= 4 is 24.2 Å². The number of rotatable bonds is 4. The molecule has 0 amide bonds. The molecule has 0 radical (unpaired) electrons. The monoisotopic (exact) mass is 287 g/mol. The number of hydrogen-bond donors (Lipinski definition) is 0. The second-order valence-electron chi connectivity index (χ2n) is 4.68. The predicted molar refractivity (Wildman–Crippen MR) is 80.9 cm³/mol. The number of benzene rings is 1. The van der Waals surface area contributed by atoms with Crippen molar-refractivity contribution < 1.29 is 4.74 Å². The fraction of sp³-hybridized carbons (Fsp3) is 0.571. The van der Waals surface area contributed by atoms with Gasteiger partial charge in [-0.1, -0.05) is 18.2 Å². The van der Waals surface area contributed by atoms with Crippen molar-refractivity contribution in [3.8, 4) is 0 Å². The molecule has 2 nitrogen and oxygen atoms in total. The first kappa shape index (κ1) is 15.8. The average molecular weight is 288 g/mol. The molecule has 0 aromatic heterocycles. The Labute approximate surface area is 120 Å². The normalized spacial score (nSPS) is 24.6. The van der Waals surface area contributed by atoms with E-state index in [1.165, 1.54) is 4.90 Å². The summed E-state index contributed by atoms with van der Waals surface area (Å²) in [5, 5.41) is 0. The van der Waals surface area contributed by atoms with Gasteiger partial charge in [-0.25, -0.2) is 0 Å². The van der Waals surface area contributed by atoms with E-state index in [0.29, 0.717) is 12.2 Å². The first-order valence-corrected chi connectivity index (χ1v) is 7.28. The van der Waals surface area contributed by atoms with Crippen molar-refractivity contribution in [3.63, 3.8) is 0 Å². The summed E-state index contributed by atoms with van der Waals surface area (Å²) in [5.41, 5.74) is 0. The molecular weight excluding hydrogens is 266 g/mol. The largest absolute Gasteiger partial charge is 0.373 e. The zero-order valence-corrected chi connectivity index (χ0v) is 12.7. The van der Waals surface area contributed by atoms with E-state index in [4.69, 9.17) is 4.74 Å². The van der Waals surface area contributed by atoms with Crippen LogP contribution in [0, 0.1) is 0 Å². The van der Waals surface area contributed by atoms with Crippen molar-refractivity contribution in [2.24, 2.45) is 0 Å². The average Bonchev–Trinajstić information content (AvgIpc) is 2.29. The lowest BCUT2D eigenvalue weighted by Gasteiger charge is -2.35. The van der Waals surface area contributed by atoms with Gasteiger partial charge in [0.25, 0.3) is 0 Å². The number of morpholine rings is 1. The maximum atomic E-state index is 5.73. The molecule has 0 N–H and O–H groups in total. The SMILES string of the molecule is CC1CN(CCSc2ccccc2)CC(C)O1.Cl. The summed E-state index contributed by atoms with van der Waals surface area (Å²) in [5.74, 6) is 1.16. The number of thioether (sulfide) groups is 1. The van der Waals surface area contributed by atoms with Gasteiger partial charge in [-0.3, -0.25) is 4.90 Å². The first-order chi connectivity index (χ1) is 8.24. The summed E-state index contributed by atoms with van der Waals surface area (Å²) < 4.78 is 5.73. The second-order valence-corrected chi connectivity index (χ2v) is 5.85. The summed E-state index contributed by atoms with van der Waals surface area (Å²) in [6, 6.07) is 10.6. The summed E-state index contributed by atoms with van der Waals surface area (Å²) >= 11 is 1.93. The van der Waals surface area contributed by atoms with Gasteiger partial charge in [-0.2, -0.15) is 0 Å². The highest BCUT2D eigenvalue weighted by Gasteiger charge is 2.21. The lowest BCUT2D eigenvalue weighted by atomic mass is 10.2. The Morgan fingerprint density at radius 2 is 1.78 bits per heavy atom. The zero-order valence-electron chi connectivity index (χ0n) is 11.0. The van der Waals surface area contributed by atoms with Crippen LogP contribution < -0.4 is 0 Å². The highest BCUT2D eigenvalue weighted by atomic mass is 35.5. The summed E-state index contributed by atoms with van der Waals surface area (Å²) in [4.78, 5) is 3.87. The minimum Gasteiger partial charge on any atom is -0.373 e. The van der Waals surface area contributed by atoms with Crippen LogP contribution in [0.1, 0.15) is 13.8 Å². The van der Waals surface area contributed by atoms with E-state index in [2.05, 4.69) is 49.1 Å². The van der Waals surface area contributed by atoms with Crippen molar-refractivity contribution in [1.29, 1.82) is 0 Å². The third-order valence-electron chi connectivity index (χ3n) is 2.91. The molecule has 2 unspecified atom stereocenters. The maximum absolute atomic E-state index is 5.73. The Kier molecular flexibility index (Phi) is 7.08. The van der Waals surface area contributed by atoms with Crippen molar-refractivity contribution in [2.45, 2.75) is 31.0 Å². The van der Waals surface area contributed by atoms with Crippen molar-refractivity contribution in [3.05, 3.63) is 30.3 Å². The highest BCUT2D eigenvalue weighted by Crippen LogP contribution is 2.18. The highest BCUT2D eigenvalue weighted by molar-refractivity contribution is 7.99. The minimum atomic E-state index is 0. The molecule has 2 atom stereocenters. The summed E-state index contributed by atoms with van der Waals surface area (Å²) in [6.45, 7) is 7.61. The van der Waals surface area contributed by atoms with Crippen molar-refractivity contribution in [2.75, 3.05) is 25.4 Å². The fourth-order valence-electron chi connectivity index (χ4n) is 2.28. The Morgan fingerprint density at radius 1 is 1.17 bits per heavy atom. The molecule has 102 valence electrons. The van der Waals surface area contributed by atoms with Crippen LogP contribution in [0.25, 0.3) is 0 Å². The Balaban J connectivity index is 0.00000162. The Hall–Kier alpha value is -0.220. The number of halogens is 1. The molecule has 4 heteroatoms. The maximum Gasteiger partial charge on any atom is 0.0678 e. The molecule has 18 heavy (non-hydrogen) atoms. The quantitative estimate of drug-likeness (QED) is 0.789. The molecule has 1 aromatic rings. The van der Waals surface area contributed by atoms with Gasteiger partial charge >= 0.3 is 0 Å². The molecule has 2 rings (SSSR count). The minimum absolute atomic E-state index is 0. The van der Waals surface area contributed by atoms with E-state index in [1.54, 1.807) is 0 Å². The van der Waals surface area contributed by atoms with Gasteiger partial charge in [0.15, 0.2) is 0 Å². The van der Waals surface area contributed by atoms with Gasteiger partial charge in [0.05, 0.1) is 12.2 Å². The van der Waals surface area contributed by atoms with Gasteiger partial charge in [-0.15, -0.1) is 24.2 Å². The topological polar surface area (TPSA) is 12.5 Å². The third-order valence-corrected chi connectivity index (χ3v) is 3.91. The summed E-state index contributed by atoms with van der Waals surface area (Å²) in [6.07, 6.45) is 0.751. The Morgan fingerprint density at radius 3 is 2.39 bits per heavy atom. The predicted octanol–water partition coefficient (Wildman–Crippen LogP) is 3.31. The Bertz CT molecular complexity index is 326. The first-order valence-electron chi connectivity index (χ1n) is 6.29.